The van der Waals surface area contributed by atoms with Crippen LogP contribution in [0.2, 0.25) is 0 Å². The largest absolute Gasteiger partial charge is 0.330 e. The molecule has 25 heavy (non-hydrogen) atoms. The van der Waals surface area contributed by atoms with Crippen LogP contribution in [0.3, 0.4) is 0 Å². The molecule has 1 aliphatic heterocycles. The van der Waals surface area contributed by atoms with Gasteiger partial charge in [0.15, 0.2) is 0 Å². The lowest BCUT2D eigenvalue weighted by Gasteiger charge is -2.35. The summed E-state index contributed by atoms with van der Waals surface area (Å²) >= 11 is 1.40. The second-order valence-electron chi connectivity index (χ2n) is 5.70. The van der Waals surface area contributed by atoms with Crippen LogP contribution in [0.25, 0.3) is 5.70 Å². The Balaban J connectivity index is 1.82. The van der Waals surface area contributed by atoms with Crippen molar-refractivity contribution in [1.29, 1.82) is 5.41 Å². The molecule has 0 bridgehead atoms. The lowest BCUT2D eigenvalue weighted by Crippen LogP contribution is -2.42. The van der Waals surface area contributed by atoms with Crippen molar-refractivity contribution in [2.24, 2.45) is 5.10 Å². The minimum Gasteiger partial charge on any atom is -0.330 e. The normalized spacial score (nSPS) is 16.9. The van der Waals surface area contributed by atoms with Gasteiger partial charge < -0.3 is 4.90 Å². The van der Waals surface area contributed by atoms with Gasteiger partial charge in [0.2, 0.25) is 0 Å². The number of nitrogens with zero attached hydrogens (tertiary/aromatic N) is 3. The first-order valence-electron chi connectivity index (χ1n) is 7.92. The summed E-state index contributed by atoms with van der Waals surface area (Å²) in [4.78, 5) is 18.7. The maximum absolute atomic E-state index is 12.8. The molecule has 2 N–H and O–H groups in total. The van der Waals surface area contributed by atoms with E-state index in [1.165, 1.54) is 23.0 Å². The van der Waals surface area contributed by atoms with Gasteiger partial charge in [-0.1, -0.05) is 24.3 Å². The Labute approximate surface area is 150 Å². The van der Waals surface area contributed by atoms with Crippen molar-refractivity contribution in [3.63, 3.8) is 0 Å². The van der Waals surface area contributed by atoms with Gasteiger partial charge in [-0.2, -0.15) is 5.10 Å². The van der Waals surface area contributed by atoms with Crippen LogP contribution in [-0.4, -0.2) is 34.8 Å². The SMILES string of the molecule is C=NN/C(=C\C(=N)C(=O)N1CCc2ccccc2[C@H]1C)c1nccs1. The fourth-order valence-corrected chi connectivity index (χ4v) is 3.60. The number of thiazole rings is 1. The van der Waals surface area contributed by atoms with E-state index in [9.17, 15) is 4.79 Å². The highest BCUT2D eigenvalue weighted by atomic mass is 32.1. The molecule has 0 unspecified atom stereocenters. The summed E-state index contributed by atoms with van der Waals surface area (Å²) in [5.41, 5.74) is 5.51. The van der Waals surface area contributed by atoms with E-state index >= 15 is 0 Å². The van der Waals surface area contributed by atoms with E-state index in [0.717, 1.165) is 12.0 Å². The van der Waals surface area contributed by atoms with Crippen molar-refractivity contribution >= 4 is 35.4 Å². The van der Waals surface area contributed by atoms with Crippen molar-refractivity contribution in [1.82, 2.24) is 15.3 Å². The fourth-order valence-electron chi connectivity index (χ4n) is 2.99. The number of nitrogens with one attached hydrogen (secondary N) is 2. The molecule has 0 fully saturated rings. The zero-order valence-corrected chi connectivity index (χ0v) is 14.7. The van der Waals surface area contributed by atoms with Gasteiger partial charge in [0, 0.05) is 24.8 Å². The standard InChI is InChI=1S/C18H19N5OS/c1-12-14-6-4-3-5-13(14)7-9-23(12)18(24)15(19)11-16(22-20-2)17-21-8-10-25-17/h3-6,8,10-12,19,22H,2,7,9H2,1H3/b16-11-,19-15?/t12-/m1/s1. The van der Waals surface area contributed by atoms with E-state index in [-0.39, 0.29) is 17.7 Å². The quantitative estimate of drug-likeness (QED) is 0.640. The highest BCUT2D eigenvalue weighted by Gasteiger charge is 2.29. The molecule has 0 spiro atoms. The molecule has 7 heteroatoms. The highest BCUT2D eigenvalue weighted by Crippen LogP contribution is 2.29. The third-order valence-corrected chi connectivity index (χ3v) is 5.04. The van der Waals surface area contributed by atoms with Crippen LogP contribution in [0.4, 0.5) is 0 Å². The minimum absolute atomic E-state index is 0.0556. The van der Waals surface area contributed by atoms with E-state index in [2.05, 4.69) is 28.3 Å². The highest BCUT2D eigenvalue weighted by molar-refractivity contribution is 7.10. The van der Waals surface area contributed by atoms with E-state index in [1.54, 1.807) is 11.1 Å². The van der Waals surface area contributed by atoms with Crippen molar-refractivity contribution in [3.05, 3.63) is 58.1 Å². The molecule has 2 heterocycles. The Morgan fingerprint density at radius 1 is 1.52 bits per heavy atom. The summed E-state index contributed by atoms with van der Waals surface area (Å²) in [6, 6.07) is 8.08. The van der Waals surface area contributed by atoms with Crippen LogP contribution in [-0.2, 0) is 11.2 Å². The van der Waals surface area contributed by atoms with Gasteiger partial charge in [-0.15, -0.1) is 11.3 Å². The first kappa shape index (κ1) is 17.0. The summed E-state index contributed by atoms with van der Waals surface area (Å²) in [7, 11) is 0. The van der Waals surface area contributed by atoms with Crippen molar-refractivity contribution < 1.29 is 4.79 Å². The monoisotopic (exact) mass is 353 g/mol. The molecule has 1 aromatic carbocycles. The second kappa shape index (κ2) is 7.40. The van der Waals surface area contributed by atoms with E-state index < -0.39 is 0 Å². The zero-order valence-electron chi connectivity index (χ0n) is 13.9. The molecule has 1 amide bonds. The molecule has 0 radical (unpaired) electrons. The molecule has 1 aromatic heterocycles. The third-order valence-electron chi connectivity index (χ3n) is 4.24. The van der Waals surface area contributed by atoms with E-state index in [1.807, 2.05) is 30.5 Å². The molecule has 0 aliphatic carbocycles. The molecule has 1 aliphatic rings. The number of hydrogen-bond acceptors (Lipinski definition) is 6. The molecule has 1 atom stereocenters. The van der Waals surface area contributed by atoms with Gasteiger partial charge in [-0.05, 0) is 30.5 Å². The molecule has 0 saturated heterocycles. The molecule has 128 valence electrons. The number of amides is 1. The van der Waals surface area contributed by atoms with Gasteiger partial charge >= 0.3 is 0 Å². The number of benzene rings is 1. The predicted octanol–water partition coefficient (Wildman–Crippen LogP) is 2.85. The summed E-state index contributed by atoms with van der Waals surface area (Å²) < 4.78 is 0. The average molecular weight is 353 g/mol. The summed E-state index contributed by atoms with van der Waals surface area (Å²) in [6.07, 6.45) is 3.92. The van der Waals surface area contributed by atoms with Gasteiger partial charge in [0.25, 0.3) is 5.91 Å². The molecule has 3 rings (SSSR count). The van der Waals surface area contributed by atoms with Gasteiger partial charge in [0.05, 0.1) is 11.7 Å². The number of fused-ring (bicyclic) bond motifs is 1. The van der Waals surface area contributed by atoms with Crippen LogP contribution in [0.15, 0.2) is 47.0 Å². The van der Waals surface area contributed by atoms with Crippen LogP contribution in [0, 0.1) is 5.41 Å². The number of hydrogen-bond donors (Lipinski definition) is 2. The molecule has 0 saturated carbocycles. The van der Waals surface area contributed by atoms with Crippen LogP contribution in [0.1, 0.15) is 29.1 Å². The third kappa shape index (κ3) is 3.51. The lowest BCUT2D eigenvalue weighted by molar-refractivity contribution is -0.126. The van der Waals surface area contributed by atoms with Gasteiger partial charge in [0.1, 0.15) is 10.7 Å². The Kier molecular flexibility index (Phi) is 5.04. The molecule has 6 nitrogen and oxygen atoms in total. The zero-order chi connectivity index (χ0) is 17.8. The fraction of sp³-hybridized carbons (Fsp3) is 0.222. The Hall–Kier alpha value is -2.80. The summed E-state index contributed by atoms with van der Waals surface area (Å²) in [5, 5.41) is 14.3. The number of aromatic nitrogens is 1. The van der Waals surface area contributed by atoms with E-state index in [4.69, 9.17) is 5.41 Å². The first-order chi connectivity index (χ1) is 12.1. The Bertz CT molecular complexity index is 828. The van der Waals surface area contributed by atoms with Gasteiger partial charge in [-0.25, -0.2) is 4.98 Å². The Morgan fingerprint density at radius 2 is 2.32 bits per heavy atom. The number of rotatable bonds is 5. The second-order valence-corrected chi connectivity index (χ2v) is 6.60. The molecule has 2 aromatic rings. The van der Waals surface area contributed by atoms with Crippen LogP contribution in [0.5, 0.6) is 0 Å². The molecular formula is C18H19N5OS. The molecular weight excluding hydrogens is 334 g/mol. The minimum atomic E-state index is -0.304. The number of carbonyl (C=O) groups is 1. The lowest BCUT2D eigenvalue weighted by atomic mass is 9.93. The number of hydrazone groups is 1. The van der Waals surface area contributed by atoms with Crippen molar-refractivity contribution in [2.45, 2.75) is 19.4 Å². The average Bonchev–Trinajstić information content (AvgIpc) is 3.16. The van der Waals surface area contributed by atoms with Crippen LogP contribution < -0.4 is 5.43 Å². The van der Waals surface area contributed by atoms with E-state index in [0.29, 0.717) is 17.2 Å². The van der Waals surface area contributed by atoms with Crippen molar-refractivity contribution in [3.8, 4) is 0 Å². The predicted molar refractivity (Wildman–Crippen MR) is 101 cm³/mol. The topological polar surface area (TPSA) is 81.4 Å². The first-order valence-corrected chi connectivity index (χ1v) is 8.80. The Morgan fingerprint density at radius 3 is 3.04 bits per heavy atom. The smallest absolute Gasteiger partial charge is 0.272 e. The summed E-state index contributed by atoms with van der Waals surface area (Å²) in [6.45, 7) is 6.00. The van der Waals surface area contributed by atoms with Crippen molar-refractivity contribution in [2.75, 3.05) is 6.54 Å². The van der Waals surface area contributed by atoms with Gasteiger partial charge in [-0.3, -0.25) is 15.6 Å². The summed E-state index contributed by atoms with van der Waals surface area (Å²) in [5.74, 6) is -0.304. The number of carbonyl (C=O) groups excluding carboxylic acids is 1. The maximum atomic E-state index is 12.8. The van der Waals surface area contributed by atoms with Crippen LogP contribution >= 0.6 is 11.3 Å². The maximum Gasteiger partial charge on any atom is 0.272 e.